The van der Waals surface area contributed by atoms with Gasteiger partial charge in [0, 0.05) is 44.0 Å². The van der Waals surface area contributed by atoms with Gasteiger partial charge >= 0.3 is 0 Å². The van der Waals surface area contributed by atoms with Gasteiger partial charge < -0.3 is 9.80 Å². The van der Waals surface area contributed by atoms with E-state index in [0.29, 0.717) is 0 Å². The van der Waals surface area contributed by atoms with Crippen LogP contribution in [0.3, 0.4) is 0 Å². The number of para-hydroxylation sites is 1. The van der Waals surface area contributed by atoms with Crippen molar-refractivity contribution in [3.63, 3.8) is 0 Å². The third kappa shape index (κ3) is 6.76. The van der Waals surface area contributed by atoms with Gasteiger partial charge in [-0.05, 0) is 98.9 Å². The van der Waals surface area contributed by atoms with Crippen LogP contribution in [-0.4, -0.2) is 31.9 Å². The van der Waals surface area contributed by atoms with E-state index in [0.717, 1.165) is 50.4 Å². The highest BCUT2D eigenvalue weighted by molar-refractivity contribution is 6.03. The zero-order valence-corrected chi connectivity index (χ0v) is 25.6. The molecule has 4 nitrogen and oxygen atoms in total. The number of benzene rings is 4. The molecule has 0 amide bonds. The van der Waals surface area contributed by atoms with E-state index in [4.69, 9.17) is 5.10 Å². The second-order valence-corrected chi connectivity index (χ2v) is 10.8. The fourth-order valence-corrected chi connectivity index (χ4v) is 5.92. The molecule has 1 unspecified atom stereocenters. The molecule has 0 radical (unpaired) electrons. The van der Waals surface area contributed by atoms with Crippen molar-refractivity contribution in [2.45, 2.75) is 46.6 Å². The average molecular weight is 557 g/mol. The van der Waals surface area contributed by atoms with Crippen molar-refractivity contribution in [3.05, 3.63) is 132 Å². The molecular weight excluding hydrogens is 512 g/mol. The van der Waals surface area contributed by atoms with E-state index in [-0.39, 0.29) is 6.04 Å². The summed E-state index contributed by atoms with van der Waals surface area (Å²) in [4.78, 5) is 4.78. The summed E-state index contributed by atoms with van der Waals surface area (Å²) in [6.07, 6.45) is 4.05. The van der Waals surface area contributed by atoms with Crippen LogP contribution in [0, 0.1) is 0 Å². The van der Waals surface area contributed by atoms with E-state index in [1.807, 2.05) is 0 Å². The number of hydrogen-bond acceptors (Lipinski definition) is 4. The predicted octanol–water partition coefficient (Wildman–Crippen LogP) is 9.01. The second kappa shape index (κ2) is 14.0. The largest absolute Gasteiger partial charge is 0.372 e. The van der Waals surface area contributed by atoms with Crippen LogP contribution in [0.4, 0.5) is 17.1 Å². The first-order chi connectivity index (χ1) is 20.6. The van der Waals surface area contributed by atoms with Crippen molar-refractivity contribution >= 4 is 28.3 Å². The molecule has 1 atom stereocenters. The van der Waals surface area contributed by atoms with Crippen molar-refractivity contribution in [1.29, 1.82) is 0 Å². The van der Waals surface area contributed by atoms with Crippen LogP contribution in [0.1, 0.15) is 56.8 Å². The summed E-state index contributed by atoms with van der Waals surface area (Å²) in [6.45, 7) is 12.9. The maximum absolute atomic E-state index is 5.24. The van der Waals surface area contributed by atoms with Crippen molar-refractivity contribution < 1.29 is 0 Å². The number of nitrogens with zero attached hydrogens (tertiary/aromatic N) is 4. The molecular formula is C38H44N4. The monoisotopic (exact) mass is 556 g/mol. The van der Waals surface area contributed by atoms with Crippen LogP contribution in [-0.2, 0) is 6.42 Å². The Morgan fingerprint density at radius 3 is 1.76 bits per heavy atom. The van der Waals surface area contributed by atoms with Crippen molar-refractivity contribution in [2.75, 3.05) is 41.0 Å². The normalized spacial score (nSPS) is 15.0. The molecule has 0 saturated heterocycles. The van der Waals surface area contributed by atoms with E-state index in [1.54, 1.807) is 0 Å². The van der Waals surface area contributed by atoms with E-state index in [1.165, 1.54) is 33.6 Å². The molecule has 1 heterocycles. The first-order valence-electron chi connectivity index (χ1n) is 15.5. The van der Waals surface area contributed by atoms with Crippen LogP contribution in [0.2, 0.25) is 0 Å². The molecule has 5 rings (SSSR count). The zero-order chi connectivity index (χ0) is 29.3. The van der Waals surface area contributed by atoms with Gasteiger partial charge in [0.05, 0.1) is 17.4 Å². The molecule has 0 saturated carbocycles. The van der Waals surface area contributed by atoms with Crippen molar-refractivity contribution in [1.82, 2.24) is 0 Å². The second-order valence-electron chi connectivity index (χ2n) is 10.8. The van der Waals surface area contributed by atoms with Crippen LogP contribution < -0.4 is 14.8 Å². The van der Waals surface area contributed by atoms with Gasteiger partial charge in [0.25, 0.3) is 0 Å². The lowest BCUT2D eigenvalue weighted by Crippen LogP contribution is -2.22. The van der Waals surface area contributed by atoms with Gasteiger partial charge in [-0.15, -0.1) is 0 Å². The smallest absolute Gasteiger partial charge is 0.0831 e. The molecule has 4 heteroatoms. The molecule has 0 bridgehead atoms. The number of hydrazone groups is 1. The molecule has 0 fully saturated rings. The highest BCUT2D eigenvalue weighted by Gasteiger charge is 2.29. The van der Waals surface area contributed by atoms with Crippen LogP contribution in [0.5, 0.6) is 0 Å². The quantitative estimate of drug-likeness (QED) is 0.174. The van der Waals surface area contributed by atoms with E-state index < -0.39 is 0 Å². The van der Waals surface area contributed by atoms with Gasteiger partial charge in [-0.2, -0.15) is 5.10 Å². The Labute approximate surface area is 252 Å². The maximum atomic E-state index is 5.24. The molecule has 0 aliphatic carbocycles. The maximum Gasteiger partial charge on any atom is 0.0831 e. The van der Waals surface area contributed by atoms with Gasteiger partial charge in [-0.25, -0.2) is 0 Å². The summed E-state index contributed by atoms with van der Waals surface area (Å²) in [5.74, 6) is 0. The third-order valence-corrected chi connectivity index (χ3v) is 8.31. The first kappa shape index (κ1) is 29.2. The minimum absolute atomic E-state index is 0.146. The van der Waals surface area contributed by atoms with Crippen molar-refractivity contribution in [2.24, 2.45) is 5.10 Å². The summed E-state index contributed by atoms with van der Waals surface area (Å²) < 4.78 is 0. The molecule has 4 aromatic carbocycles. The topological polar surface area (TPSA) is 22.1 Å². The lowest BCUT2D eigenvalue weighted by Gasteiger charge is -2.25. The minimum atomic E-state index is 0.146. The minimum Gasteiger partial charge on any atom is -0.372 e. The molecule has 0 N–H and O–H groups in total. The zero-order valence-electron chi connectivity index (χ0n) is 25.6. The molecule has 216 valence electrons. The molecule has 1 aliphatic heterocycles. The van der Waals surface area contributed by atoms with Gasteiger partial charge in [0.1, 0.15) is 0 Å². The van der Waals surface area contributed by atoms with Gasteiger partial charge in [-0.1, -0.05) is 72.8 Å². The first-order valence-corrected chi connectivity index (χ1v) is 15.5. The Hall–Kier alpha value is -4.31. The number of allylic oxidation sites excluding steroid dienone is 2. The van der Waals surface area contributed by atoms with Gasteiger partial charge in [0.15, 0.2) is 0 Å². The Morgan fingerprint density at radius 1 is 0.690 bits per heavy atom. The fourth-order valence-electron chi connectivity index (χ4n) is 5.92. The molecule has 4 aromatic rings. The lowest BCUT2D eigenvalue weighted by atomic mass is 9.94. The van der Waals surface area contributed by atoms with E-state index in [9.17, 15) is 0 Å². The average Bonchev–Trinajstić information content (AvgIpc) is 3.47. The Kier molecular flexibility index (Phi) is 9.76. The number of hydrogen-bond donors (Lipinski definition) is 0. The summed E-state index contributed by atoms with van der Waals surface area (Å²) in [7, 11) is 0. The Bertz CT molecular complexity index is 1450. The summed E-state index contributed by atoms with van der Waals surface area (Å²) in [5.41, 5.74) is 9.89. The SMILES string of the molecule is CCN(CC)c1ccc(C(=CC2=NN(c3ccccc3)C(c3ccc(N(CC)CC)cc3)C2)Cc2ccccc2)cc1. The van der Waals surface area contributed by atoms with E-state index in [2.05, 4.69) is 158 Å². The van der Waals surface area contributed by atoms with Crippen LogP contribution >= 0.6 is 0 Å². The highest BCUT2D eigenvalue weighted by atomic mass is 15.5. The highest BCUT2D eigenvalue weighted by Crippen LogP contribution is 2.37. The predicted molar refractivity (Wildman–Crippen MR) is 182 cm³/mol. The third-order valence-electron chi connectivity index (χ3n) is 8.31. The molecule has 0 aromatic heterocycles. The standard InChI is InChI=1S/C38H44N4/c1-5-40(6-2)35-23-19-31(20-24-35)33(27-30-15-11-9-12-16-30)28-34-29-38(42(39-34)37-17-13-10-14-18-37)32-21-25-36(26-22-32)41(7-3)8-4/h9-26,28,38H,5-8,27,29H2,1-4H3. The van der Waals surface area contributed by atoms with Crippen LogP contribution in [0.15, 0.2) is 120 Å². The van der Waals surface area contributed by atoms with Gasteiger partial charge in [-0.3, -0.25) is 5.01 Å². The fraction of sp³-hybridized carbons (Fsp3) is 0.289. The van der Waals surface area contributed by atoms with Crippen LogP contribution in [0.25, 0.3) is 5.57 Å². The van der Waals surface area contributed by atoms with Crippen molar-refractivity contribution in [3.8, 4) is 0 Å². The van der Waals surface area contributed by atoms with Gasteiger partial charge in [0.2, 0.25) is 0 Å². The Morgan fingerprint density at radius 2 is 1.21 bits per heavy atom. The van der Waals surface area contributed by atoms with E-state index >= 15 is 0 Å². The molecule has 0 spiro atoms. The Balaban J connectivity index is 1.50. The summed E-state index contributed by atoms with van der Waals surface area (Å²) in [5, 5.41) is 7.45. The lowest BCUT2D eigenvalue weighted by molar-refractivity contribution is 0.708. The summed E-state index contributed by atoms with van der Waals surface area (Å²) in [6, 6.07) is 39.6. The summed E-state index contributed by atoms with van der Waals surface area (Å²) >= 11 is 0. The number of anilines is 3. The molecule has 1 aliphatic rings. The molecule has 42 heavy (non-hydrogen) atoms. The number of rotatable bonds is 12.